The van der Waals surface area contributed by atoms with E-state index in [1.54, 1.807) is 36.5 Å². The Labute approximate surface area is 115 Å². The minimum atomic E-state index is -0.146. The lowest BCUT2D eigenvalue weighted by molar-refractivity contribution is -0.115. The summed E-state index contributed by atoms with van der Waals surface area (Å²) in [5.41, 5.74) is 0.804. The summed E-state index contributed by atoms with van der Waals surface area (Å²) in [6.45, 7) is 0. The molecule has 0 saturated carbocycles. The topological polar surface area (TPSA) is 42.0 Å². The first-order chi connectivity index (χ1) is 8.65. The maximum Gasteiger partial charge on any atom is 0.229 e. The highest BCUT2D eigenvalue weighted by Gasteiger charge is 2.06. The van der Waals surface area contributed by atoms with Gasteiger partial charge in [-0.2, -0.15) is 0 Å². The van der Waals surface area contributed by atoms with Crippen LogP contribution in [0.4, 0.5) is 5.82 Å². The molecule has 2 aromatic rings. The van der Waals surface area contributed by atoms with E-state index in [0.29, 0.717) is 15.9 Å². The molecule has 18 heavy (non-hydrogen) atoms. The molecule has 0 radical (unpaired) electrons. The second kappa shape index (κ2) is 5.85. The molecule has 1 amide bonds. The van der Waals surface area contributed by atoms with Gasteiger partial charge in [0.25, 0.3) is 0 Å². The van der Waals surface area contributed by atoms with Gasteiger partial charge in [0.05, 0.1) is 16.5 Å². The number of benzene rings is 1. The summed E-state index contributed by atoms with van der Waals surface area (Å²) in [4.78, 5) is 15.8. The maximum absolute atomic E-state index is 11.8. The molecule has 1 heterocycles. The predicted octanol–water partition coefficient (Wildman–Crippen LogP) is 3.57. The number of pyridine rings is 1. The molecule has 0 aliphatic heterocycles. The molecule has 5 heteroatoms. The Hall–Kier alpha value is -1.58. The fourth-order valence-electron chi connectivity index (χ4n) is 1.46. The van der Waals surface area contributed by atoms with Crippen molar-refractivity contribution in [3.05, 3.63) is 58.2 Å². The first-order valence-electron chi connectivity index (χ1n) is 5.30. The van der Waals surface area contributed by atoms with Gasteiger partial charge < -0.3 is 5.32 Å². The number of hydrogen-bond acceptors (Lipinski definition) is 2. The number of carbonyl (C=O) groups excluding carboxylic acids is 1. The van der Waals surface area contributed by atoms with E-state index in [-0.39, 0.29) is 12.3 Å². The average Bonchev–Trinajstić information content (AvgIpc) is 2.35. The van der Waals surface area contributed by atoms with Crippen LogP contribution >= 0.6 is 23.2 Å². The largest absolute Gasteiger partial charge is 0.310 e. The Morgan fingerprint density at radius 2 is 2.00 bits per heavy atom. The summed E-state index contributed by atoms with van der Waals surface area (Å²) in [5.74, 6) is 0.384. The fourth-order valence-corrected chi connectivity index (χ4v) is 1.78. The molecule has 92 valence electrons. The fraction of sp³-hybridized carbons (Fsp3) is 0.0769. The van der Waals surface area contributed by atoms with Crippen LogP contribution in [0, 0.1) is 0 Å². The maximum atomic E-state index is 11.8. The summed E-state index contributed by atoms with van der Waals surface area (Å²) in [6, 6.07) is 10.4. The lowest BCUT2D eigenvalue weighted by Gasteiger charge is -2.05. The molecule has 0 bridgehead atoms. The zero-order chi connectivity index (χ0) is 13.0. The quantitative estimate of drug-likeness (QED) is 0.934. The summed E-state index contributed by atoms with van der Waals surface area (Å²) in [5, 5.41) is 3.62. The monoisotopic (exact) mass is 280 g/mol. The third-order valence-corrected chi connectivity index (χ3v) is 3.02. The number of amides is 1. The number of carbonyl (C=O) groups is 1. The highest BCUT2D eigenvalue weighted by molar-refractivity contribution is 6.42. The van der Waals surface area contributed by atoms with E-state index in [1.807, 2.05) is 6.07 Å². The van der Waals surface area contributed by atoms with Gasteiger partial charge in [0.15, 0.2) is 0 Å². The Kier molecular flexibility index (Phi) is 4.18. The molecular formula is C13H10Cl2N2O. The highest BCUT2D eigenvalue weighted by atomic mass is 35.5. The van der Waals surface area contributed by atoms with Crippen molar-refractivity contribution in [1.29, 1.82) is 0 Å². The van der Waals surface area contributed by atoms with Gasteiger partial charge in [-0.15, -0.1) is 0 Å². The summed E-state index contributed by atoms with van der Waals surface area (Å²) < 4.78 is 0. The van der Waals surface area contributed by atoms with Crippen LogP contribution < -0.4 is 5.32 Å². The van der Waals surface area contributed by atoms with E-state index in [1.165, 1.54) is 0 Å². The molecule has 1 aromatic heterocycles. The minimum Gasteiger partial charge on any atom is -0.310 e. The van der Waals surface area contributed by atoms with Gasteiger partial charge in [-0.1, -0.05) is 35.3 Å². The number of halogens is 2. The van der Waals surface area contributed by atoms with Gasteiger partial charge in [-0.3, -0.25) is 4.79 Å². The van der Waals surface area contributed by atoms with Crippen molar-refractivity contribution in [3.63, 3.8) is 0 Å². The molecule has 0 aliphatic rings. The number of nitrogens with zero attached hydrogens (tertiary/aromatic N) is 1. The van der Waals surface area contributed by atoms with E-state index >= 15 is 0 Å². The van der Waals surface area contributed by atoms with Crippen LogP contribution in [0.5, 0.6) is 0 Å². The van der Waals surface area contributed by atoms with Crippen LogP contribution in [0.15, 0.2) is 42.6 Å². The molecule has 2 rings (SSSR count). The van der Waals surface area contributed by atoms with Crippen LogP contribution in [0.2, 0.25) is 10.0 Å². The van der Waals surface area contributed by atoms with E-state index in [2.05, 4.69) is 10.3 Å². The Morgan fingerprint density at radius 3 is 2.67 bits per heavy atom. The van der Waals surface area contributed by atoms with Crippen molar-refractivity contribution in [2.24, 2.45) is 0 Å². The van der Waals surface area contributed by atoms with Gasteiger partial charge in [0.1, 0.15) is 5.82 Å². The SMILES string of the molecule is O=C(Cc1ccc(Cl)c(Cl)c1)Nc1ccccn1. The molecule has 3 nitrogen and oxygen atoms in total. The first-order valence-corrected chi connectivity index (χ1v) is 6.05. The Bertz CT molecular complexity index is 558. The number of aromatic nitrogens is 1. The van der Waals surface area contributed by atoms with E-state index in [4.69, 9.17) is 23.2 Å². The van der Waals surface area contributed by atoms with Gasteiger partial charge >= 0.3 is 0 Å². The van der Waals surface area contributed by atoms with Crippen molar-refractivity contribution in [2.45, 2.75) is 6.42 Å². The number of rotatable bonds is 3. The normalized spacial score (nSPS) is 10.1. The Balaban J connectivity index is 2.01. The van der Waals surface area contributed by atoms with Crippen molar-refractivity contribution >= 4 is 34.9 Å². The average molecular weight is 281 g/mol. The van der Waals surface area contributed by atoms with Crippen molar-refractivity contribution in [3.8, 4) is 0 Å². The lowest BCUT2D eigenvalue weighted by atomic mass is 10.1. The number of nitrogens with one attached hydrogen (secondary N) is 1. The van der Waals surface area contributed by atoms with Gasteiger partial charge in [0, 0.05) is 6.20 Å². The van der Waals surface area contributed by atoms with E-state index in [9.17, 15) is 4.79 Å². The van der Waals surface area contributed by atoms with Crippen LogP contribution in [-0.2, 0) is 11.2 Å². The van der Waals surface area contributed by atoms with E-state index in [0.717, 1.165) is 5.56 Å². The van der Waals surface area contributed by atoms with Crippen LogP contribution in [0.1, 0.15) is 5.56 Å². The van der Waals surface area contributed by atoms with Gasteiger partial charge in [-0.25, -0.2) is 4.98 Å². The molecule has 0 fully saturated rings. The number of hydrogen-bond donors (Lipinski definition) is 1. The third-order valence-electron chi connectivity index (χ3n) is 2.28. The van der Waals surface area contributed by atoms with Gasteiger partial charge in [-0.05, 0) is 29.8 Å². The van der Waals surface area contributed by atoms with Crippen LogP contribution in [0.25, 0.3) is 0 Å². The Morgan fingerprint density at radius 1 is 1.17 bits per heavy atom. The lowest BCUT2D eigenvalue weighted by Crippen LogP contribution is -2.15. The second-order valence-corrected chi connectivity index (χ2v) is 4.50. The third kappa shape index (κ3) is 3.45. The first kappa shape index (κ1) is 12.9. The van der Waals surface area contributed by atoms with Crippen molar-refractivity contribution < 1.29 is 4.79 Å². The summed E-state index contributed by atoms with van der Waals surface area (Å²) >= 11 is 11.7. The molecule has 0 spiro atoms. The second-order valence-electron chi connectivity index (χ2n) is 3.69. The van der Waals surface area contributed by atoms with E-state index < -0.39 is 0 Å². The summed E-state index contributed by atoms with van der Waals surface area (Å²) in [6.07, 6.45) is 1.85. The van der Waals surface area contributed by atoms with Crippen LogP contribution in [0.3, 0.4) is 0 Å². The molecular weight excluding hydrogens is 271 g/mol. The molecule has 0 saturated heterocycles. The molecule has 1 aromatic carbocycles. The zero-order valence-electron chi connectivity index (χ0n) is 9.36. The molecule has 1 N–H and O–H groups in total. The smallest absolute Gasteiger partial charge is 0.229 e. The zero-order valence-corrected chi connectivity index (χ0v) is 10.9. The standard InChI is InChI=1S/C13H10Cl2N2O/c14-10-5-4-9(7-11(10)15)8-13(18)17-12-3-1-2-6-16-12/h1-7H,8H2,(H,16,17,18). The molecule has 0 unspecified atom stereocenters. The minimum absolute atomic E-state index is 0.146. The predicted molar refractivity (Wildman–Crippen MR) is 73.0 cm³/mol. The summed E-state index contributed by atoms with van der Waals surface area (Å²) in [7, 11) is 0. The molecule has 0 aliphatic carbocycles. The van der Waals surface area contributed by atoms with Gasteiger partial charge in [0.2, 0.25) is 5.91 Å². The van der Waals surface area contributed by atoms with Crippen molar-refractivity contribution in [1.82, 2.24) is 4.98 Å². The van der Waals surface area contributed by atoms with Crippen LogP contribution in [-0.4, -0.2) is 10.9 Å². The number of anilines is 1. The molecule has 0 atom stereocenters. The highest BCUT2D eigenvalue weighted by Crippen LogP contribution is 2.22. The van der Waals surface area contributed by atoms with Crippen molar-refractivity contribution in [2.75, 3.05) is 5.32 Å².